The van der Waals surface area contributed by atoms with Crippen molar-refractivity contribution in [2.45, 2.75) is 13.0 Å². The first-order valence-corrected chi connectivity index (χ1v) is 6.30. The maximum Gasteiger partial charge on any atom is 0.304 e. The average Bonchev–Trinajstić information content (AvgIpc) is 2.32. The second kappa shape index (κ2) is 7.86. The molecule has 19 heavy (non-hydrogen) atoms. The van der Waals surface area contributed by atoms with E-state index in [0.29, 0.717) is 13.1 Å². The highest BCUT2D eigenvalue weighted by Crippen LogP contribution is 2.08. The average molecular weight is 268 g/mol. The molecular weight excluding hydrogens is 247 g/mol. The van der Waals surface area contributed by atoms with E-state index in [1.807, 2.05) is 30.0 Å². The van der Waals surface area contributed by atoms with Crippen molar-refractivity contribution in [3.05, 3.63) is 35.6 Å². The van der Waals surface area contributed by atoms with Crippen molar-refractivity contribution in [2.24, 2.45) is 0 Å². The van der Waals surface area contributed by atoms with E-state index in [0.717, 1.165) is 18.7 Å². The summed E-state index contributed by atoms with van der Waals surface area (Å²) in [5.74, 6) is -1.07. The van der Waals surface area contributed by atoms with E-state index in [2.05, 4.69) is 0 Å². The van der Waals surface area contributed by atoms with Gasteiger partial charge in [0.05, 0.1) is 6.42 Å². The molecule has 0 saturated carbocycles. The topological polar surface area (TPSA) is 43.8 Å². The van der Waals surface area contributed by atoms with Crippen LogP contribution in [0.15, 0.2) is 24.3 Å². The first-order valence-electron chi connectivity index (χ1n) is 6.30. The van der Waals surface area contributed by atoms with Gasteiger partial charge in [0, 0.05) is 26.2 Å². The van der Waals surface area contributed by atoms with E-state index in [1.165, 1.54) is 12.1 Å². The highest BCUT2D eigenvalue weighted by atomic mass is 19.1. The van der Waals surface area contributed by atoms with Crippen LogP contribution >= 0.6 is 0 Å². The Balaban J connectivity index is 2.58. The third-order valence-corrected chi connectivity index (χ3v) is 2.80. The molecule has 0 radical (unpaired) electrons. The fourth-order valence-electron chi connectivity index (χ4n) is 1.76. The van der Waals surface area contributed by atoms with Gasteiger partial charge in [-0.05, 0) is 31.8 Å². The SMILES string of the molecule is CN(C)CCN(CCC(=O)O)Cc1cccc(F)c1. The number of carboxylic acid groups (broad SMARTS) is 1. The van der Waals surface area contributed by atoms with E-state index in [9.17, 15) is 9.18 Å². The molecule has 0 bridgehead atoms. The number of rotatable bonds is 8. The second-order valence-electron chi connectivity index (χ2n) is 4.85. The molecule has 4 nitrogen and oxygen atoms in total. The minimum atomic E-state index is -0.811. The molecule has 0 saturated heterocycles. The van der Waals surface area contributed by atoms with Crippen LogP contribution in [0, 0.1) is 5.82 Å². The number of hydrogen-bond donors (Lipinski definition) is 1. The van der Waals surface area contributed by atoms with Crippen LogP contribution in [0.2, 0.25) is 0 Å². The highest BCUT2D eigenvalue weighted by Gasteiger charge is 2.09. The Morgan fingerprint density at radius 1 is 1.26 bits per heavy atom. The number of halogens is 1. The lowest BCUT2D eigenvalue weighted by molar-refractivity contribution is -0.137. The number of aliphatic carboxylic acids is 1. The standard InChI is InChI=1S/C14H21FN2O2/c1-16(2)8-9-17(7-6-14(18)19)11-12-4-3-5-13(15)10-12/h3-5,10H,6-9,11H2,1-2H3,(H,18,19). The van der Waals surface area contributed by atoms with E-state index >= 15 is 0 Å². The molecule has 0 aromatic heterocycles. The molecule has 0 spiro atoms. The van der Waals surface area contributed by atoms with Crippen LogP contribution in [0.1, 0.15) is 12.0 Å². The highest BCUT2D eigenvalue weighted by molar-refractivity contribution is 5.66. The third-order valence-electron chi connectivity index (χ3n) is 2.80. The van der Waals surface area contributed by atoms with E-state index in [4.69, 9.17) is 5.11 Å². The van der Waals surface area contributed by atoms with Gasteiger partial charge in [0.2, 0.25) is 0 Å². The molecule has 0 aliphatic heterocycles. The number of carboxylic acids is 1. The molecule has 1 rings (SSSR count). The molecule has 106 valence electrons. The predicted octanol–water partition coefficient (Wildman–Crippen LogP) is 1.66. The molecule has 0 aliphatic rings. The van der Waals surface area contributed by atoms with Crippen LogP contribution < -0.4 is 0 Å². The summed E-state index contributed by atoms with van der Waals surface area (Å²) in [5.41, 5.74) is 0.865. The molecule has 0 aliphatic carbocycles. The number of benzene rings is 1. The molecule has 0 heterocycles. The largest absolute Gasteiger partial charge is 0.481 e. The normalized spacial score (nSPS) is 11.2. The summed E-state index contributed by atoms with van der Waals surface area (Å²) >= 11 is 0. The monoisotopic (exact) mass is 268 g/mol. The van der Waals surface area contributed by atoms with Crippen LogP contribution in [0.5, 0.6) is 0 Å². The zero-order chi connectivity index (χ0) is 14.3. The van der Waals surface area contributed by atoms with Crippen LogP contribution in [0.25, 0.3) is 0 Å². The Morgan fingerprint density at radius 2 is 2.00 bits per heavy atom. The lowest BCUT2D eigenvalue weighted by atomic mass is 10.2. The lowest BCUT2D eigenvalue weighted by Crippen LogP contribution is -2.33. The zero-order valence-corrected chi connectivity index (χ0v) is 11.5. The van der Waals surface area contributed by atoms with Crippen LogP contribution in [-0.2, 0) is 11.3 Å². The van der Waals surface area contributed by atoms with Gasteiger partial charge in [-0.1, -0.05) is 12.1 Å². The van der Waals surface area contributed by atoms with Gasteiger partial charge >= 0.3 is 5.97 Å². The van der Waals surface area contributed by atoms with Crippen molar-refractivity contribution in [1.82, 2.24) is 9.80 Å². The number of likely N-dealkylation sites (N-methyl/N-ethyl adjacent to an activating group) is 1. The number of nitrogens with zero attached hydrogens (tertiary/aromatic N) is 2. The van der Waals surface area contributed by atoms with Crippen molar-refractivity contribution in [2.75, 3.05) is 33.7 Å². The van der Waals surface area contributed by atoms with Gasteiger partial charge in [0.25, 0.3) is 0 Å². The maximum atomic E-state index is 13.1. The number of carbonyl (C=O) groups is 1. The number of hydrogen-bond acceptors (Lipinski definition) is 3. The lowest BCUT2D eigenvalue weighted by Gasteiger charge is -2.23. The van der Waals surface area contributed by atoms with Crippen molar-refractivity contribution in [3.63, 3.8) is 0 Å². The van der Waals surface area contributed by atoms with Crippen molar-refractivity contribution >= 4 is 5.97 Å². The summed E-state index contributed by atoms with van der Waals surface area (Å²) in [6.07, 6.45) is 0.0999. The van der Waals surface area contributed by atoms with Gasteiger partial charge in [-0.2, -0.15) is 0 Å². The smallest absolute Gasteiger partial charge is 0.304 e. The van der Waals surface area contributed by atoms with Crippen LogP contribution in [-0.4, -0.2) is 54.6 Å². The summed E-state index contributed by atoms with van der Waals surface area (Å²) in [6.45, 7) is 2.64. The molecule has 1 N–H and O–H groups in total. The van der Waals surface area contributed by atoms with Crippen molar-refractivity contribution in [1.29, 1.82) is 0 Å². The molecule has 0 unspecified atom stereocenters. The fourth-order valence-corrected chi connectivity index (χ4v) is 1.76. The minimum Gasteiger partial charge on any atom is -0.481 e. The summed E-state index contributed by atoms with van der Waals surface area (Å²) in [4.78, 5) is 14.7. The summed E-state index contributed by atoms with van der Waals surface area (Å²) in [6, 6.07) is 6.42. The Labute approximate surface area is 113 Å². The molecule has 0 atom stereocenters. The quantitative estimate of drug-likeness (QED) is 0.779. The second-order valence-corrected chi connectivity index (χ2v) is 4.85. The van der Waals surface area contributed by atoms with E-state index in [-0.39, 0.29) is 12.2 Å². The Kier molecular flexibility index (Phi) is 6.45. The van der Waals surface area contributed by atoms with Crippen LogP contribution in [0.4, 0.5) is 4.39 Å². The summed E-state index contributed by atoms with van der Waals surface area (Å²) in [7, 11) is 3.94. The third kappa shape index (κ3) is 6.88. The first kappa shape index (κ1) is 15.6. The summed E-state index contributed by atoms with van der Waals surface area (Å²) < 4.78 is 13.1. The van der Waals surface area contributed by atoms with Gasteiger partial charge in [0.1, 0.15) is 5.82 Å². The van der Waals surface area contributed by atoms with Crippen molar-refractivity contribution in [3.8, 4) is 0 Å². The Morgan fingerprint density at radius 3 is 2.58 bits per heavy atom. The van der Waals surface area contributed by atoms with Crippen LogP contribution in [0.3, 0.4) is 0 Å². The van der Waals surface area contributed by atoms with E-state index < -0.39 is 5.97 Å². The van der Waals surface area contributed by atoms with Crippen molar-refractivity contribution < 1.29 is 14.3 Å². The van der Waals surface area contributed by atoms with Gasteiger partial charge < -0.3 is 10.0 Å². The molecule has 1 aromatic rings. The van der Waals surface area contributed by atoms with Gasteiger partial charge in [-0.25, -0.2) is 4.39 Å². The van der Waals surface area contributed by atoms with Gasteiger partial charge in [0.15, 0.2) is 0 Å². The minimum absolute atomic E-state index is 0.0999. The van der Waals surface area contributed by atoms with Gasteiger partial charge in [-0.3, -0.25) is 9.69 Å². The Bertz CT molecular complexity index is 410. The Hall–Kier alpha value is -1.46. The fraction of sp³-hybridized carbons (Fsp3) is 0.500. The molecule has 1 aromatic carbocycles. The van der Waals surface area contributed by atoms with E-state index in [1.54, 1.807) is 6.07 Å². The zero-order valence-electron chi connectivity index (χ0n) is 11.5. The van der Waals surface area contributed by atoms with Gasteiger partial charge in [-0.15, -0.1) is 0 Å². The molecule has 0 amide bonds. The molecule has 5 heteroatoms. The molecule has 0 fully saturated rings. The molecular formula is C14H21FN2O2. The summed E-state index contributed by atoms with van der Waals surface area (Å²) in [5, 5.41) is 8.75. The first-order chi connectivity index (χ1) is 8.97. The maximum absolute atomic E-state index is 13.1. The predicted molar refractivity (Wildman–Crippen MR) is 72.5 cm³/mol.